The van der Waals surface area contributed by atoms with Crippen LogP contribution in [0.3, 0.4) is 0 Å². The zero-order chi connectivity index (χ0) is 23.4. The van der Waals surface area contributed by atoms with E-state index in [2.05, 4.69) is 36.3 Å². The van der Waals surface area contributed by atoms with Gasteiger partial charge in [0.25, 0.3) is 5.22 Å². The molecule has 1 aliphatic rings. The lowest BCUT2D eigenvalue weighted by molar-refractivity contribution is -0.113. The van der Waals surface area contributed by atoms with Crippen molar-refractivity contribution in [2.75, 3.05) is 48.4 Å². The lowest BCUT2D eigenvalue weighted by Gasteiger charge is -2.34. The maximum atomic E-state index is 12.3. The summed E-state index contributed by atoms with van der Waals surface area (Å²) in [4.78, 5) is 14.4. The average Bonchev–Trinajstić information content (AvgIpc) is 3.27. The van der Waals surface area contributed by atoms with E-state index in [-0.39, 0.29) is 11.7 Å². The topological polar surface area (TPSA) is 109 Å². The predicted molar refractivity (Wildman–Crippen MR) is 132 cm³/mol. The van der Waals surface area contributed by atoms with Gasteiger partial charge in [0.1, 0.15) is 0 Å². The normalized spacial score (nSPS) is 14.9. The van der Waals surface area contributed by atoms with Gasteiger partial charge in [-0.15, -0.1) is 10.2 Å². The molecule has 12 heteroatoms. The van der Waals surface area contributed by atoms with E-state index in [1.807, 2.05) is 48.5 Å². The van der Waals surface area contributed by atoms with E-state index in [4.69, 9.17) is 4.42 Å². The lowest BCUT2D eigenvalue weighted by Crippen LogP contribution is -2.48. The number of thioether (sulfide) groups is 1. The molecule has 1 fully saturated rings. The third-order valence-corrected chi connectivity index (χ3v) is 7.70. The van der Waals surface area contributed by atoms with E-state index in [9.17, 15) is 13.2 Å². The van der Waals surface area contributed by atoms with Crippen molar-refractivity contribution in [3.8, 4) is 11.5 Å². The fraction of sp³-hybridized carbons (Fsp3) is 0.286. The van der Waals surface area contributed by atoms with Gasteiger partial charge < -0.3 is 14.6 Å². The minimum atomic E-state index is -3.15. The van der Waals surface area contributed by atoms with Crippen LogP contribution in [0.5, 0.6) is 0 Å². The predicted octanol–water partition coefficient (Wildman–Crippen LogP) is 3.31. The molecule has 174 valence electrons. The number of halogens is 1. The summed E-state index contributed by atoms with van der Waals surface area (Å²) in [6, 6.07) is 15.0. The number of sulfonamides is 1. The number of nitrogens with one attached hydrogen (secondary N) is 1. The van der Waals surface area contributed by atoms with Crippen molar-refractivity contribution in [3.05, 3.63) is 53.0 Å². The molecule has 1 aliphatic heterocycles. The Bertz CT molecular complexity index is 1210. The molecule has 2 heterocycles. The average molecular weight is 552 g/mol. The summed E-state index contributed by atoms with van der Waals surface area (Å²) < 4.78 is 31.4. The molecule has 1 saturated heterocycles. The molecule has 3 aromatic rings. The molecular formula is C21H22BrN5O4S2. The van der Waals surface area contributed by atoms with Crippen molar-refractivity contribution in [2.24, 2.45) is 0 Å². The number of benzene rings is 2. The monoisotopic (exact) mass is 551 g/mol. The molecule has 2 aromatic carbocycles. The van der Waals surface area contributed by atoms with Crippen molar-refractivity contribution >= 4 is 55.0 Å². The number of amides is 1. The van der Waals surface area contributed by atoms with Gasteiger partial charge in [0.2, 0.25) is 21.8 Å². The maximum absolute atomic E-state index is 12.3. The Morgan fingerprint density at radius 2 is 1.73 bits per heavy atom. The number of carbonyl (C=O) groups is 1. The highest BCUT2D eigenvalue weighted by molar-refractivity contribution is 9.10. The summed E-state index contributed by atoms with van der Waals surface area (Å²) in [6.07, 6.45) is 1.23. The molecule has 0 saturated carbocycles. The van der Waals surface area contributed by atoms with Crippen LogP contribution in [0.1, 0.15) is 0 Å². The summed E-state index contributed by atoms with van der Waals surface area (Å²) >= 11 is 4.56. The number of rotatable bonds is 7. The summed E-state index contributed by atoms with van der Waals surface area (Å²) in [6.45, 7) is 2.19. The van der Waals surface area contributed by atoms with Gasteiger partial charge in [-0.2, -0.15) is 4.31 Å². The second-order valence-electron chi connectivity index (χ2n) is 7.41. The molecule has 4 rings (SSSR count). The molecule has 33 heavy (non-hydrogen) atoms. The van der Waals surface area contributed by atoms with Gasteiger partial charge in [-0.1, -0.05) is 27.7 Å². The van der Waals surface area contributed by atoms with Crippen LogP contribution in [0, 0.1) is 0 Å². The molecule has 0 bridgehead atoms. The van der Waals surface area contributed by atoms with Crippen molar-refractivity contribution in [3.63, 3.8) is 0 Å². The van der Waals surface area contributed by atoms with Crippen LogP contribution in [0.4, 0.5) is 11.4 Å². The summed E-state index contributed by atoms with van der Waals surface area (Å²) in [7, 11) is -3.15. The summed E-state index contributed by atoms with van der Waals surface area (Å²) in [5.74, 6) is 0.355. The van der Waals surface area contributed by atoms with Gasteiger partial charge in [-0.3, -0.25) is 4.79 Å². The Morgan fingerprint density at radius 1 is 1.06 bits per heavy atom. The number of piperazine rings is 1. The fourth-order valence-electron chi connectivity index (χ4n) is 3.34. The first-order valence-corrected chi connectivity index (χ1v) is 13.7. The molecule has 0 spiro atoms. The Kier molecular flexibility index (Phi) is 7.37. The minimum absolute atomic E-state index is 0.136. The molecule has 0 atom stereocenters. The lowest BCUT2D eigenvalue weighted by atomic mass is 10.2. The van der Waals surface area contributed by atoms with E-state index in [0.717, 1.165) is 15.7 Å². The van der Waals surface area contributed by atoms with Gasteiger partial charge in [-0.05, 0) is 48.5 Å². The first-order chi connectivity index (χ1) is 15.8. The largest absolute Gasteiger partial charge is 0.411 e. The third-order valence-electron chi connectivity index (χ3n) is 5.05. The van der Waals surface area contributed by atoms with Gasteiger partial charge in [0.05, 0.1) is 12.0 Å². The highest BCUT2D eigenvalue weighted by Crippen LogP contribution is 2.25. The highest BCUT2D eigenvalue weighted by atomic mass is 79.9. The van der Waals surface area contributed by atoms with Crippen LogP contribution >= 0.6 is 27.7 Å². The summed E-state index contributed by atoms with van der Waals surface area (Å²) in [5.41, 5.74) is 2.47. The molecule has 1 amide bonds. The van der Waals surface area contributed by atoms with Crippen molar-refractivity contribution in [1.82, 2.24) is 14.5 Å². The number of carbonyl (C=O) groups excluding carboxylic acids is 1. The number of hydrogen-bond donors (Lipinski definition) is 1. The van der Waals surface area contributed by atoms with E-state index < -0.39 is 10.0 Å². The number of aromatic nitrogens is 2. The van der Waals surface area contributed by atoms with Gasteiger partial charge >= 0.3 is 0 Å². The van der Waals surface area contributed by atoms with Gasteiger partial charge in [0.15, 0.2) is 0 Å². The van der Waals surface area contributed by atoms with Crippen LogP contribution in [0.2, 0.25) is 0 Å². The van der Waals surface area contributed by atoms with E-state index in [1.54, 1.807) is 0 Å². The van der Waals surface area contributed by atoms with Crippen LogP contribution < -0.4 is 10.2 Å². The molecule has 1 aromatic heterocycles. The number of anilines is 2. The fourth-order valence-corrected chi connectivity index (χ4v) is 4.99. The van der Waals surface area contributed by atoms with Crippen molar-refractivity contribution in [1.29, 1.82) is 0 Å². The van der Waals surface area contributed by atoms with Crippen LogP contribution in [0.25, 0.3) is 11.5 Å². The van der Waals surface area contributed by atoms with Crippen LogP contribution in [0.15, 0.2) is 62.6 Å². The van der Waals surface area contributed by atoms with Crippen LogP contribution in [-0.4, -0.2) is 67.0 Å². The first kappa shape index (κ1) is 23.7. The Labute approximate surface area is 204 Å². The number of nitrogens with zero attached hydrogens (tertiary/aromatic N) is 4. The molecule has 9 nitrogen and oxygen atoms in total. The Morgan fingerprint density at radius 3 is 2.36 bits per heavy atom. The molecule has 0 unspecified atom stereocenters. The second kappa shape index (κ2) is 10.2. The quantitative estimate of drug-likeness (QED) is 0.445. The number of hydrogen-bond acceptors (Lipinski definition) is 8. The molecule has 0 aliphatic carbocycles. The SMILES string of the molecule is CS(=O)(=O)N1CCN(c2ccc(NC(=O)CSc3nnc(-c4ccc(Br)cc4)o3)cc2)CC1. The minimum Gasteiger partial charge on any atom is -0.411 e. The Hall–Kier alpha value is -2.41. The molecular weight excluding hydrogens is 530 g/mol. The van der Waals surface area contributed by atoms with Gasteiger partial charge in [-0.25, -0.2) is 8.42 Å². The molecule has 0 radical (unpaired) electrons. The standard InChI is InChI=1S/C21H22BrN5O4S2/c1-33(29,30)27-12-10-26(11-13-27)18-8-6-17(7-9-18)23-19(28)14-32-21-25-24-20(31-21)15-2-4-16(22)5-3-15/h2-9H,10-14H2,1H3,(H,23,28). The first-order valence-electron chi connectivity index (χ1n) is 10.1. The van der Waals surface area contributed by atoms with E-state index in [0.29, 0.717) is 43.0 Å². The third kappa shape index (κ3) is 6.34. The van der Waals surface area contributed by atoms with Crippen LogP contribution in [-0.2, 0) is 14.8 Å². The maximum Gasteiger partial charge on any atom is 0.277 e. The van der Waals surface area contributed by atoms with Gasteiger partial charge in [0, 0.05) is 47.6 Å². The van der Waals surface area contributed by atoms with Crippen molar-refractivity contribution < 1.29 is 17.6 Å². The zero-order valence-electron chi connectivity index (χ0n) is 17.8. The molecule has 1 N–H and O–H groups in total. The Balaban J connectivity index is 1.26. The highest BCUT2D eigenvalue weighted by Gasteiger charge is 2.23. The second-order valence-corrected chi connectivity index (χ2v) is 11.2. The van der Waals surface area contributed by atoms with E-state index in [1.165, 1.54) is 22.3 Å². The van der Waals surface area contributed by atoms with Crippen molar-refractivity contribution in [2.45, 2.75) is 5.22 Å². The van der Waals surface area contributed by atoms with E-state index >= 15 is 0 Å². The summed E-state index contributed by atoms with van der Waals surface area (Å²) in [5, 5.41) is 11.2. The smallest absolute Gasteiger partial charge is 0.277 e. The zero-order valence-corrected chi connectivity index (χ0v) is 21.0.